The van der Waals surface area contributed by atoms with E-state index < -0.39 is 0 Å². The van der Waals surface area contributed by atoms with E-state index in [0.29, 0.717) is 0 Å². The highest BCUT2D eigenvalue weighted by Gasteiger charge is 2.26. The van der Waals surface area contributed by atoms with Gasteiger partial charge < -0.3 is 4.90 Å². The summed E-state index contributed by atoms with van der Waals surface area (Å²) in [5.74, 6) is 1.75. The Labute approximate surface area is 267 Å². The van der Waals surface area contributed by atoms with E-state index in [2.05, 4.69) is 169 Å². The number of aromatic nitrogens is 5. The molecule has 9 rings (SSSR count). The van der Waals surface area contributed by atoms with E-state index >= 15 is 0 Å². The van der Waals surface area contributed by atoms with E-state index in [4.69, 9.17) is 9.97 Å². The third kappa shape index (κ3) is 3.76. The molecule has 0 N–H and O–H groups in total. The van der Waals surface area contributed by atoms with Gasteiger partial charge in [-0.1, -0.05) is 90.1 Å². The maximum atomic E-state index is 5.14. The topological polar surface area (TPSA) is 42.2 Å². The molecule has 0 aliphatic heterocycles. The van der Waals surface area contributed by atoms with E-state index in [1.54, 1.807) is 0 Å². The predicted molar refractivity (Wildman–Crippen MR) is 191 cm³/mol. The number of fused-ring (bicyclic) bond motifs is 10. The van der Waals surface area contributed by atoms with Crippen LogP contribution in [0.2, 0.25) is 0 Å². The van der Waals surface area contributed by atoms with Gasteiger partial charge in [-0.15, -0.1) is 0 Å². The molecule has 226 valence electrons. The first-order valence-corrected chi connectivity index (χ1v) is 16.0. The van der Waals surface area contributed by atoms with Crippen LogP contribution in [0.25, 0.3) is 50.2 Å². The van der Waals surface area contributed by atoms with Crippen LogP contribution in [0.5, 0.6) is 0 Å². The van der Waals surface area contributed by atoms with E-state index in [9.17, 15) is 0 Å². The molecule has 0 radical (unpaired) electrons. The molecule has 46 heavy (non-hydrogen) atoms. The number of nitrogens with zero attached hydrogens (tertiary/aromatic N) is 6. The van der Waals surface area contributed by atoms with Gasteiger partial charge in [0.1, 0.15) is 5.52 Å². The first kappa shape index (κ1) is 27.0. The van der Waals surface area contributed by atoms with Gasteiger partial charge in [-0.25, -0.2) is 14.4 Å². The summed E-state index contributed by atoms with van der Waals surface area (Å²) in [5.41, 5.74) is 13.5. The Morgan fingerprint density at radius 2 is 0.870 bits per heavy atom. The number of hydrogen-bond acceptors (Lipinski definition) is 3. The van der Waals surface area contributed by atoms with Crippen molar-refractivity contribution in [3.8, 4) is 0 Å². The molecule has 0 aliphatic carbocycles. The zero-order valence-electron chi connectivity index (χ0n) is 27.1. The lowest BCUT2D eigenvalue weighted by molar-refractivity contribution is 0.590. The molecule has 4 heterocycles. The summed E-state index contributed by atoms with van der Waals surface area (Å²) in [6.07, 6.45) is 0. The molecule has 0 saturated carbocycles. The molecule has 0 aliphatic rings. The molecule has 5 aromatic carbocycles. The summed E-state index contributed by atoms with van der Waals surface area (Å²) < 4.78 is 6.82. The molecule has 4 aromatic heterocycles. The van der Waals surface area contributed by atoms with Crippen LogP contribution >= 0.6 is 0 Å². The fraction of sp³-hybridized carbons (Fsp3) is 0.200. The number of hydrogen-bond donors (Lipinski definition) is 0. The lowest BCUT2D eigenvalue weighted by atomic mass is 9.86. The number of benzene rings is 5. The van der Waals surface area contributed by atoms with Crippen LogP contribution in [0.4, 0.5) is 17.1 Å². The predicted octanol–water partition coefficient (Wildman–Crippen LogP) is 10.2. The highest BCUT2D eigenvalue weighted by Crippen LogP contribution is 2.42. The molecule has 0 bridgehead atoms. The second-order valence-electron chi connectivity index (χ2n) is 14.6. The minimum Gasteiger partial charge on any atom is -0.310 e. The number of imidazole rings is 4. The largest absolute Gasteiger partial charge is 0.310 e. The fourth-order valence-electron chi connectivity index (χ4n) is 7.05. The van der Waals surface area contributed by atoms with Gasteiger partial charge in [-0.3, -0.25) is 8.80 Å². The zero-order valence-corrected chi connectivity index (χ0v) is 27.1. The lowest BCUT2D eigenvalue weighted by Crippen LogP contribution is -2.14. The summed E-state index contributed by atoms with van der Waals surface area (Å²) in [4.78, 5) is 12.7. The van der Waals surface area contributed by atoms with Gasteiger partial charge >= 0.3 is 0 Å². The van der Waals surface area contributed by atoms with Crippen molar-refractivity contribution in [2.24, 2.45) is 0 Å². The molecule has 9 aromatic rings. The lowest BCUT2D eigenvalue weighted by Gasteiger charge is -2.28. The van der Waals surface area contributed by atoms with Crippen molar-refractivity contribution >= 4 is 67.2 Å². The molecule has 0 atom stereocenters. The first-order valence-electron chi connectivity index (χ1n) is 16.0. The third-order valence-corrected chi connectivity index (χ3v) is 9.49. The van der Waals surface area contributed by atoms with Gasteiger partial charge in [-0.2, -0.15) is 0 Å². The molecule has 6 heteroatoms. The van der Waals surface area contributed by atoms with Crippen LogP contribution in [-0.4, -0.2) is 23.2 Å². The normalized spacial score (nSPS) is 13.0. The first-order chi connectivity index (χ1) is 22.1. The minimum absolute atomic E-state index is 0.0679. The number of para-hydroxylation sites is 4. The molecule has 0 unspecified atom stereocenters. The Morgan fingerprint density at radius 1 is 0.457 bits per heavy atom. The molecular formula is C40H36N6. The van der Waals surface area contributed by atoms with Crippen LogP contribution in [0.3, 0.4) is 0 Å². The fourth-order valence-corrected chi connectivity index (χ4v) is 7.05. The highest BCUT2D eigenvalue weighted by atomic mass is 15.3. The van der Waals surface area contributed by atoms with E-state index in [0.717, 1.165) is 67.2 Å². The number of rotatable bonds is 3. The smallest absolute Gasteiger partial charge is 0.223 e. The quantitative estimate of drug-likeness (QED) is 0.203. The summed E-state index contributed by atoms with van der Waals surface area (Å²) in [6, 6.07) is 39.5. The summed E-state index contributed by atoms with van der Waals surface area (Å²) in [5, 5.41) is 0. The maximum Gasteiger partial charge on any atom is 0.223 e. The molecule has 0 amide bonds. The second kappa shape index (κ2) is 9.10. The number of anilines is 3. The van der Waals surface area contributed by atoms with Gasteiger partial charge in [0.05, 0.1) is 38.8 Å². The third-order valence-electron chi connectivity index (χ3n) is 9.49. The van der Waals surface area contributed by atoms with Crippen LogP contribution in [0.15, 0.2) is 109 Å². The van der Waals surface area contributed by atoms with Crippen LogP contribution in [-0.2, 0) is 10.8 Å². The van der Waals surface area contributed by atoms with Gasteiger partial charge in [0.25, 0.3) is 0 Å². The molecule has 0 spiro atoms. The van der Waals surface area contributed by atoms with Crippen molar-refractivity contribution in [2.45, 2.75) is 52.4 Å². The molecular weight excluding hydrogens is 564 g/mol. The Morgan fingerprint density at radius 3 is 1.28 bits per heavy atom. The highest BCUT2D eigenvalue weighted by molar-refractivity contribution is 6.06. The van der Waals surface area contributed by atoms with Crippen LogP contribution in [0.1, 0.15) is 52.7 Å². The Balaban J connectivity index is 1.39. The monoisotopic (exact) mass is 600 g/mol. The zero-order chi connectivity index (χ0) is 31.5. The molecule has 0 saturated heterocycles. The van der Waals surface area contributed by atoms with Gasteiger partial charge in [-0.05, 0) is 82.6 Å². The summed E-state index contributed by atoms with van der Waals surface area (Å²) >= 11 is 0. The van der Waals surface area contributed by atoms with Gasteiger partial charge in [0.15, 0.2) is 0 Å². The average molecular weight is 601 g/mol. The standard InChI is InChI=1S/C40H36N6/c1-39(2,3)25-15-19-27(20-16-25)43(28-21-17-26(18-22-28)40(4,5)6)29-23-34-36-35(24-29)45-33-14-10-8-12-31(33)42-38(45)46(36)37-41-30-11-7-9-13-32(30)44(34)37/h7-24H,1-6H3. The summed E-state index contributed by atoms with van der Waals surface area (Å²) in [7, 11) is 0. The molecule has 0 fully saturated rings. The minimum atomic E-state index is 0.0679. The SMILES string of the molecule is CC(C)(C)c1ccc(N(c2ccc(C(C)(C)C)cc2)c2cc3c4c(c2)n2c5ccccc5nc2n4c2nc4ccccc4n32)cc1. The van der Waals surface area contributed by atoms with E-state index in [-0.39, 0.29) is 10.8 Å². The van der Waals surface area contributed by atoms with Crippen molar-refractivity contribution < 1.29 is 0 Å². The van der Waals surface area contributed by atoms with Crippen molar-refractivity contribution in [1.82, 2.24) is 23.2 Å². The Hall–Kier alpha value is -5.36. The second-order valence-corrected chi connectivity index (χ2v) is 14.6. The van der Waals surface area contributed by atoms with Crippen LogP contribution in [0, 0.1) is 0 Å². The van der Waals surface area contributed by atoms with Crippen molar-refractivity contribution in [3.63, 3.8) is 0 Å². The van der Waals surface area contributed by atoms with Gasteiger partial charge in [0, 0.05) is 11.4 Å². The van der Waals surface area contributed by atoms with Crippen LogP contribution < -0.4 is 4.90 Å². The van der Waals surface area contributed by atoms with E-state index in [1.165, 1.54) is 11.1 Å². The summed E-state index contributed by atoms with van der Waals surface area (Å²) in [6.45, 7) is 13.6. The molecule has 6 nitrogen and oxygen atoms in total. The van der Waals surface area contributed by atoms with Crippen molar-refractivity contribution in [1.29, 1.82) is 0 Å². The van der Waals surface area contributed by atoms with Gasteiger partial charge in [0.2, 0.25) is 11.6 Å². The van der Waals surface area contributed by atoms with Crippen molar-refractivity contribution in [3.05, 3.63) is 120 Å². The Kier molecular flexibility index (Phi) is 5.34. The van der Waals surface area contributed by atoms with Crippen molar-refractivity contribution in [2.75, 3.05) is 4.90 Å². The van der Waals surface area contributed by atoms with E-state index in [1.807, 2.05) is 0 Å². The average Bonchev–Trinajstić information content (AvgIpc) is 3.76. The maximum absolute atomic E-state index is 5.14. The Bertz CT molecular complexity index is 2410.